The van der Waals surface area contributed by atoms with Crippen LogP contribution in [0, 0.1) is 0 Å². The maximum Gasteiger partial charge on any atom is 0.334 e. The van der Waals surface area contributed by atoms with E-state index in [4.69, 9.17) is 44.3 Å². The van der Waals surface area contributed by atoms with Crippen LogP contribution < -0.4 is 9.47 Å². The fraction of sp³-hybridized carbons (Fsp3) is 0.0435. The van der Waals surface area contributed by atoms with E-state index in [0.717, 1.165) is 0 Å². The predicted octanol–water partition coefficient (Wildman–Crippen LogP) is 6.50. The highest BCUT2D eigenvalue weighted by atomic mass is 35.5. The zero-order valence-corrected chi connectivity index (χ0v) is 17.5. The second-order valence-corrected chi connectivity index (χ2v) is 7.72. The van der Waals surface area contributed by atoms with Gasteiger partial charge >= 0.3 is 5.97 Å². The summed E-state index contributed by atoms with van der Waals surface area (Å²) >= 11 is 18.1. The molecule has 1 atom stereocenters. The molecule has 3 aromatic rings. The Bertz CT molecular complexity index is 1170. The van der Waals surface area contributed by atoms with E-state index in [-0.39, 0.29) is 17.3 Å². The number of esters is 1. The number of ether oxygens (including phenoxy) is 2. The molecule has 4 rings (SSSR count). The maximum absolute atomic E-state index is 12.6. The van der Waals surface area contributed by atoms with Crippen LogP contribution >= 0.6 is 34.8 Å². The number of halogens is 3. The molecule has 0 fully saturated rings. The van der Waals surface area contributed by atoms with Gasteiger partial charge in [0.25, 0.3) is 0 Å². The van der Waals surface area contributed by atoms with E-state index in [1.54, 1.807) is 54.6 Å². The van der Waals surface area contributed by atoms with Crippen LogP contribution in [0.4, 0.5) is 0 Å². The van der Waals surface area contributed by atoms with Gasteiger partial charge in [-0.3, -0.25) is 4.79 Å². The highest BCUT2D eigenvalue weighted by Gasteiger charge is 2.28. The molecule has 0 radical (unpaired) electrons. The van der Waals surface area contributed by atoms with E-state index in [9.17, 15) is 9.59 Å². The van der Waals surface area contributed by atoms with E-state index in [0.29, 0.717) is 32.5 Å². The molecule has 1 aliphatic rings. The summed E-state index contributed by atoms with van der Waals surface area (Å²) < 4.78 is 11.0. The van der Waals surface area contributed by atoms with Crippen molar-refractivity contribution in [2.75, 3.05) is 0 Å². The standard InChI is InChI=1S/C23H13Cl3O4/c24-17-9-6-13(10-18(17)25)11-20-22(27)16-8-7-15(12-19(16)30-20)29-23(28)21(26)14-4-2-1-3-5-14/h1-12,21H/b20-11-. The lowest BCUT2D eigenvalue weighted by atomic mass is 10.1. The Balaban J connectivity index is 1.52. The molecule has 1 heterocycles. The van der Waals surface area contributed by atoms with Crippen molar-refractivity contribution < 1.29 is 19.1 Å². The van der Waals surface area contributed by atoms with Crippen molar-refractivity contribution in [1.29, 1.82) is 0 Å². The molecular formula is C23H13Cl3O4. The van der Waals surface area contributed by atoms with Crippen molar-refractivity contribution in [2.45, 2.75) is 5.38 Å². The fourth-order valence-electron chi connectivity index (χ4n) is 2.91. The van der Waals surface area contributed by atoms with E-state index in [2.05, 4.69) is 0 Å². The molecule has 0 saturated heterocycles. The molecule has 1 unspecified atom stereocenters. The van der Waals surface area contributed by atoms with Gasteiger partial charge < -0.3 is 9.47 Å². The molecule has 150 valence electrons. The van der Waals surface area contributed by atoms with E-state index in [1.165, 1.54) is 12.1 Å². The van der Waals surface area contributed by atoms with Crippen molar-refractivity contribution in [3.05, 3.63) is 99.2 Å². The minimum Gasteiger partial charge on any atom is -0.452 e. The number of hydrogen-bond acceptors (Lipinski definition) is 4. The number of Topliss-reactive ketones (excluding diaryl/α,β-unsaturated/α-hetero) is 1. The second-order valence-electron chi connectivity index (χ2n) is 6.47. The second kappa shape index (κ2) is 8.52. The first-order chi connectivity index (χ1) is 14.4. The Labute approximate surface area is 187 Å². The summed E-state index contributed by atoms with van der Waals surface area (Å²) in [4.78, 5) is 24.9. The molecule has 0 N–H and O–H groups in total. The first-order valence-electron chi connectivity index (χ1n) is 8.86. The number of fused-ring (bicyclic) bond motifs is 1. The molecule has 0 saturated carbocycles. The highest BCUT2D eigenvalue weighted by Crippen LogP contribution is 2.36. The summed E-state index contributed by atoms with van der Waals surface area (Å²) in [6.45, 7) is 0. The van der Waals surface area contributed by atoms with Gasteiger partial charge in [0.05, 0.1) is 15.6 Å². The molecule has 4 nitrogen and oxygen atoms in total. The Morgan fingerprint density at radius 2 is 1.73 bits per heavy atom. The third-order valence-corrected chi connectivity index (χ3v) is 5.57. The molecule has 7 heteroatoms. The van der Waals surface area contributed by atoms with Gasteiger partial charge in [0.15, 0.2) is 11.1 Å². The summed E-state index contributed by atoms with van der Waals surface area (Å²) in [5.41, 5.74) is 1.66. The van der Waals surface area contributed by atoms with Crippen LogP contribution in [-0.4, -0.2) is 11.8 Å². The molecule has 0 bridgehead atoms. The van der Waals surface area contributed by atoms with Gasteiger partial charge in [-0.05, 0) is 41.5 Å². The minimum absolute atomic E-state index is 0.131. The molecular weight excluding hydrogens is 447 g/mol. The zero-order chi connectivity index (χ0) is 21.3. The first kappa shape index (κ1) is 20.5. The summed E-state index contributed by atoms with van der Waals surface area (Å²) in [6.07, 6.45) is 1.57. The van der Waals surface area contributed by atoms with Crippen LogP contribution in [0.25, 0.3) is 6.08 Å². The molecule has 0 amide bonds. The largest absolute Gasteiger partial charge is 0.452 e. The summed E-state index contributed by atoms with van der Waals surface area (Å²) in [5, 5.41) is -0.162. The van der Waals surface area contributed by atoms with Crippen LogP contribution in [0.1, 0.15) is 26.9 Å². The monoisotopic (exact) mass is 458 g/mol. The third-order valence-electron chi connectivity index (χ3n) is 4.40. The van der Waals surface area contributed by atoms with Gasteiger partial charge in [-0.25, -0.2) is 4.79 Å². The van der Waals surface area contributed by atoms with Crippen LogP contribution in [-0.2, 0) is 4.79 Å². The first-order valence-corrected chi connectivity index (χ1v) is 10.1. The molecule has 3 aromatic carbocycles. The van der Waals surface area contributed by atoms with Gasteiger partial charge in [-0.15, -0.1) is 11.6 Å². The minimum atomic E-state index is -0.952. The number of alkyl halides is 1. The van der Waals surface area contributed by atoms with Crippen LogP contribution in [0.2, 0.25) is 10.0 Å². The molecule has 0 aliphatic carbocycles. The number of hydrogen-bond donors (Lipinski definition) is 0. The maximum atomic E-state index is 12.6. The van der Waals surface area contributed by atoms with Gasteiger partial charge in [-0.2, -0.15) is 0 Å². The van der Waals surface area contributed by atoms with Crippen molar-refractivity contribution in [3.63, 3.8) is 0 Å². The van der Waals surface area contributed by atoms with Gasteiger partial charge in [0.2, 0.25) is 5.78 Å². The van der Waals surface area contributed by atoms with Crippen LogP contribution in [0.5, 0.6) is 11.5 Å². The Morgan fingerprint density at radius 1 is 0.967 bits per heavy atom. The van der Waals surface area contributed by atoms with Gasteiger partial charge in [0, 0.05) is 6.07 Å². The van der Waals surface area contributed by atoms with E-state index >= 15 is 0 Å². The average molecular weight is 460 g/mol. The average Bonchev–Trinajstić information content (AvgIpc) is 3.05. The normalized spacial score (nSPS) is 14.9. The van der Waals surface area contributed by atoms with Crippen LogP contribution in [0.3, 0.4) is 0 Å². The van der Waals surface area contributed by atoms with Crippen LogP contribution in [0.15, 0.2) is 72.5 Å². The van der Waals surface area contributed by atoms with Crippen molar-refractivity contribution in [3.8, 4) is 11.5 Å². The SMILES string of the molecule is O=C1/C(=C/c2ccc(Cl)c(Cl)c2)Oc2cc(OC(=O)C(Cl)c3ccccc3)ccc21. The number of benzene rings is 3. The lowest BCUT2D eigenvalue weighted by molar-refractivity contribution is -0.134. The number of carbonyl (C=O) groups is 2. The van der Waals surface area contributed by atoms with Crippen molar-refractivity contribution >= 4 is 52.6 Å². The van der Waals surface area contributed by atoms with E-state index < -0.39 is 11.3 Å². The summed E-state index contributed by atoms with van der Waals surface area (Å²) in [7, 11) is 0. The number of carbonyl (C=O) groups excluding carboxylic acids is 2. The van der Waals surface area contributed by atoms with Crippen molar-refractivity contribution in [1.82, 2.24) is 0 Å². The molecule has 30 heavy (non-hydrogen) atoms. The lowest BCUT2D eigenvalue weighted by Crippen LogP contribution is -2.14. The number of ketones is 1. The van der Waals surface area contributed by atoms with E-state index in [1.807, 2.05) is 6.07 Å². The predicted molar refractivity (Wildman–Crippen MR) is 117 cm³/mol. The number of rotatable bonds is 4. The summed E-state index contributed by atoms with van der Waals surface area (Å²) in [6, 6.07) is 18.4. The summed E-state index contributed by atoms with van der Waals surface area (Å²) in [5.74, 6) is -0.259. The fourth-order valence-corrected chi connectivity index (χ4v) is 3.41. The quantitative estimate of drug-likeness (QED) is 0.193. The highest BCUT2D eigenvalue weighted by molar-refractivity contribution is 6.42. The Kier molecular flexibility index (Phi) is 5.82. The Morgan fingerprint density at radius 3 is 2.47 bits per heavy atom. The molecule has 0 spiro atoms. The van der Waals surface area contributed by atoms with Gasteiger partial charge in [-0.1, -0.05) is 59.6 Å². The van der Waals surface area contributed by atoms with Crippen molar-refractivity contribution in [2.24, 2.45) is 0 Å². The molecule has 1 aliphatic heterocycles. The smallest absolute Gasteiger partial charge is 0.334 e. The third kappa shape index (κ3) is 4.21. The number of allylic oxidation sites excluding steroid dienone is 1. The lowest BCUT2D eigenvalue weighted by Gasteiger charge is -2.10. The Hall–Kier alpha value is -2.79. The van der Waals surface area contributed by atoms with Gasteiger partial charge in [0.1, 0.15) is 11.5 Å². The molecule has 0 aromatic heterocycles. The zero-order valence-electron chi connectivity index (χ0n) is 15.3. The topological polar surface area (TPSA) is 52.6 Å².